The van der Waals surface area contributed by atoms with E-state index in [2.05, 4.69) is 15.5 Å². The molecule has 140 valence electrons. The Hall–Kier alpha value is -3.12. The zero-order valence-corrected chi connectivity index (χ0v) is 15.7. The Morgan fingerprint density at radius 2 is 1.89 bits per heavy atom. The van der Waals surface area contributed by atoms with E-state index in [-0.39, 0.29) is 18.9 Å². The molecule has 0 atom stereocenters. The van der Waals surface area contributed by atoms with E-state index in [1.807, 2.05) is 61.5 Å². The number of aromatic nitrogens is 2. The van der Waals surface area contributed by atoms with Gasteiger partial charge in [0.05, 0.1) is 17.5 Å². The molecular formula is C20H21ClN4O2. The van der Waals surface area contributed by atoms with Crippen LogP contribution in [0, 0.1) is 6.92 Å². The zero-order chi connectivity index (χ0) is 19.6. The number of primary amides is 1. The van der Waals surface area contributed by atoms with Gasteiger partial charge in [-0.05, 0) is 25.1 Å². The summed E-state index contributed by atoms with van der Waals surface area (Å²) in [6, 6.07) is 17.2. The third kappa shape index (κ3) is 6.60. The summed E-state index contributed by atoms with van der Waals surface area (Å²) in [6.45, 7) is 2.19. The van der Waals surface area contributed by atoms with Crippen LogP contribution in [0.15, 0.2) is 60.8 Å². The highest BCUT2D eigenvalue weighted by molar-refractivity contribution is 6.30. The largest absolute Gasteiger partial charge is 0.370 e. The molecule has 2 aromatic carbocycles. The molecule has 0 fully saturated rings. The van der Waals surface area contributed by atoms with Crippen LogP contribution in [0.5, 0.6) is 0 Å². The molecule has 3 aromatic rings. The van der Waals surface area contributed by atoms with Gasteiger partial charge in [-0.1, -0.05) is 53.6 Å². The van der Waals surface area contributed by atoms with E-state index in [1.165, 1.54) is 6.20 Å². The fourth-order valence-corrected chi connectivity index (χ4v) is 2.43. The Labute approximate surface area is 162 Å². The Bertz CT molecular complexity index is 894. The minimum atomic E-state index is -0.448. The van der Waals surface area contributed by atoms with Crippen molar-refractivity contribution in [2.24, 2.45) is 5.73 Å². The lowest BCUT2D eigenvalue weighted by molar-refractivity contribution is -0.117. The van der Waals surface area contributed by atoms with Gasteiger partial charge in [0.25, 0.3) is 5.91 Å². The predicted molar refractivity (Wildman–Crippen MR) is 106 cm³/mol. The lowest BCUT2D eigenvalue weighted by atomic mass is 10.1. The van der Waals surface area contributed by atoms with Gasteiger partial charge < -0.3 is 11.1 Å². The van der Waals surface area contributed by atoms with Gasteiger partial charge in [-0.15, -0.1) is 0 Å². The number of hydrogen-bond donors (Lipinski definition) is 3. The zero-order valence-electron chi connectivity index (χ0n) is 14.9. The van der Waals surface area contributed by atoms with Crippen molar-refractivity contribution in [3.05, 3.63) is 76.9 Å². The first kappa shape index (κ1) is 20.2. The smallest absolute Gasteiger partial charge is 0.255 e. The highest BCUT2D eigenvalue weighted by Crippen LogP contribution is 2.21. The van der Waals surface area contributed by atoms with Gasteiger partial charge in [0, 0.05) is 23.6 Å². The summed E-state index contributed by atoms with van der Waals surface area (Å²) in [5.74, 6) is -0.729. The number of rotatable bonds is 5. The van der Waals surface area contributed by atoms with E-state index in [1.54, 1.807) is 0 Å². The molecule has 0 aliphatic rings. The van der Waals surface area contributed by atoms with Crippen LogP contribution in [-0.4, -0.2) is 28.6 Å². The maximum absolute atomic E-state index is 12.0. The Morgan fingerprint density at radius 1 is 1.15 bits per heavy atom. The predicted octanol–water partition coefficient (Wildman–Crippen LogP) is 3.33. The van der Waals surface area contributed by atoms with Crippen molar-refractivity contribution in [2.45, 2.75) is 13.3 Å². The van der Waals surface area contributed by atoms with Crippen molar-refractivity contribution >= 4 is 23.4 Å². The van der Waals surface area contributed by atoms with Crippen LogP contribution in [0.1, 0.15) is 22.3 Å². The average Bonchev–Trinajstić information content (AvgIpc) is 3.12. The highest BCUT2D eigenvalue weighted by atomic mass is 35.5. The van der Waals surface area contributed by atoms with E-state index in [9.17, 15) is 9.59 Å². The Balaban J connectivity index is 0.000000313. The van der Waals surface area contributed by atoms with Crippen LogP contribution in [-0.2, 0) is 4.79 Å². The van der Waals surface area contributed by atoms with Crippen LogP contribution in [0.25, 0.3) is 11.3 Å². The van der Waals surface area contributed by atoms with Crippen molar-refractivity contribution in [3.8, 4) is 11.3 Å². The summed E-state index contributed by atoms with van der Waals surface area (Å²) in [5.41, 5.74) is 8.11. The molecule has 0 unspecified atom stereocenters. The fourth-order valence-electron chi connectivity index (χ4n) is 2.29. The molecule has 0 aliphatic heterocycles. The molecule has 1 heterocycles. The lowest BCUT2D eigenvalue weighted by Crippen LogP contribution is -2.27. The first-order valence-corrected chi connectivity index (χ1v) is 8.72. The van der Waals surface area contributed by atoms with Crippen molar-refractivity contribution in [1.29, 1.82) is 0 Å². The standard InChI is InChI=1S/C14H16N4O2.C6H5Cl/c1-9-3-2-4-10(7-9)13-11(8-17-18-13)14(20)16-6-5-12(15)19;7-6-4-2-1-3-5-6/h2-4,7-8H,5-6H2,1H3,(H2,15,19)(H,16,20)(H,17,18);1-5H. The normalized spacial score (nSPS) is 9.85. The highest BCUT2D eigenvalue weighted by Gasteiger charge is 2.15. The van der Waals surface area contributed by atoms with Gasteiger partial charge in [0.15, 0.2) is 0 Å². The van der Waals surface area contributed by atoms with E-state index in [0.29, 0.717) is 11.3 Å². The molecule has 1 aromatic heterocycles. The lowest BCUT2D eigenvalue weighted by Gasteiger charge is -2.05. The van der Waals surface area contributed by atoms with Crippen LogP contribution in [0.4, 0.5) is 0 Å². The van der Waals surface area contributed by atoms with Gasteiger partial charge >= 0.3 is 0 Å². The molecule has 7 heteroatoms. The molecule has 0 aliphatic carbocycles. The summed E-state index contributed by atoms with van der Waals surface area (Å²) in [7, 11) is 0. The fraction of sp³-hybridized carbons (Fsp3) is 0.150. The van der Waals surface area contributed by atoms with Crippen LogP contribution in [0.3, 0.4) is 0 Å². The van der Waals surface area contributed by atoms with Gasteiger partial charge in [-0.3, -0.25) is 14.7 Å². The number of hydrogen-bond acceptors (Lipinski definition) is 3. The molecule has 27 heavy (non-hydrogen) atoms. The van der Waals surface area contributed by atoms with E-state index in [4.69, 9.17) is 17.3 Å². The first-order valence-electron chi connectivity index (χ1n) is 8.35. The number of halogens is 1. The number of nitrogens with one attached hydrogen (secondary N) is 2. The molecule has 0 saturated heterocycles. The molecule has 0 bridgehead atoms. The van der Waals surface area contributed by atoms with E-state index < -0.39 is 5.91 Å². The molecule has 6 nitrogen and oxygen atoms in total. The second-order valence-corrected chi connectivity index (χ2v) is 6.23. The van der Waals surface area contributed by atoms with Gasteiger partial charge in [-0.2, -0.15) is 5.10 Å². The Kier molecular flexibility index (Phi) is 7.58. The average molecular weight is 385 g/mol. The van der Waals surface area contributed by atoms with Crippen LogP contribution < -0.4 is 11.1 Å². The monoisotopic (exact) mass is 384 g/mol. The number of H-pyrrole nitrogens is 1. The number of nitrogens with two attached hydrogens (primary N) is 1. The van der Waals surface area contributed by atoms with Gasteiger partial charge in [0.1, 0.15) is 0 Å². The molecule has 0 saturated carbocycles. The number of carbonyl (C=O) groups is 2. The summed E-state index contributed by atoms with van der Waals surface area (Å²) in [6.07, 6.45) is 1.58. The first-order chi connectivity index (χ1) is 13.0. The molecule has 0 radical (unpaired) electrons. The van der Waals surface area contributed by atoms with Crippen molar-refractivity contribution in [2.75, 3.05) is 6.54 Å². The van der Waals surface area contributed by atoms with E-state index >= 15 is 0 Å². The SMILES string of the molecule is Cc1cccc(-c2[nH]ncc2C(=O)NCCC(N)=O)c1.Clc1ccccc1. The quantitative estimate of drug-likeness (QED) is 0.628. The minimum Gasteiger partial charge on any atom is -0.370 e. The second kappa shape index (κ2) is 10.1. The number of nitrogens with zero attached hydrogens (tertiary/aromatic N) is 1. The van der Waals surface area contributed by atoms with E-state index in [0.717, 1.165) is 16.1 Å². The maximum atomic E-state index is 12.0. The number of aryl methyl sites for hydroxylation is 1. The summed E-state index contributed by atoms with van der Waals surface area (Å²) < 4.78 is 0. The molecule has 3 rings (SSSR count). The van der Waals surface area contributed by atoms with Crippen molar-refractivity contribution in [1.82, 2.24) is 15.5 Å². The minimum absolute atomic E-state index is 0.114. The van der Waals surface area contributed by atoms with Gasteiger partial charge in [-0.25, -0.2) is 0 Å². The third-order valence-electron chi connectivity index (χ3n) is 3.58. The number of benzene rings is 2. The molecular weight excluding hydrogens is 364 g/mol. The number of carbonyl (C=O) groups excluding carboxylic acids is 2. The third-order valence-corrected chi connectivity index (χ3v) is 3.83. The van der Waals surface area contributed by atoms with Gasteiger partial charge in [0.2, 0.25) is 5.91 Å². The van der Waals surface area contributed by atoms with Crippen LogP contribution in [0.2, 0.25) is 5.02 Å². The van der Waals surface area contributed by atoms with Crippen molar-refractivity contribution < 1.29 is 9.59 Å². The maximum Gasteiger partial charge on any atom is 0.255 e. The number of aromatic amines is 1. The number of amides is 2. The summed E-state index contributed by atoms with van der Waals surface area (Å²) >= 11 is 5.54. The molecule has 0 spiro atoms. The summed E-state index contributed by atoms with van der Waals surface area (Å²) in [4.78, 5) is 22.7. The molecule has 2 amide bonds. The van der Waals surface area contributed by atoms with Crippen molar-refractivity contribution in [3.63, 3.8) is 0 Å². The topological polar surface area (TPSA) is 101 Å². The second-order valence-electron chi connectivity index (χ2n) is 5.80. The molecule has 4 N–H and O–H groups in total. The Morgan fingerprint density at radius 3 is 2.48 bits per heavy atom. The summed E-state index contributed by atoms with van der Waals surface area (Å²) in [5, 5.41) is 10.2. The van der Waals surface area contributed by atoms with Crippen LogP contribution >= 0.6 is 11.6 Å².